The van der Waals surface area contributed by atoms with Crippen LogP contribution in [0.3, 0.4) is 0 Å². The van der Waals surface area contributed by atoms with Gasteiger partial charge in [-0.25, -0.2) is 0 Å². The number of anilines is 2. The Morgan fingerprint density at radius 1 is 1.35 bits per heavy atom. The molecule has 7 nitrogen and oxygen atoms in total. The smallest absolute Gasteiger partial charge is 0.236 e. The SMILES string of the molecule is Cc1nnc(NC(=O)CSc2nnc(N)s2)s1. The fourth-order valence-electron chi connectivity index (χ4n) is 0.908. The molecule has 0 aliphatic carbocycles. The molecule has 1 amide bonds. The number of amides is 1. The van der Waals surface area contributed by atoms with Gasteiger partial charge in [-0.2, -0.15) is 0 Å². The summed E-state index contributed by atoms with van der Waals surface area (Å²) in [4.78, 5) is 11.5. The summed E-state index contributed by atoms with van der Waals surface area (Å²) in [5.41, 5.74) is 5.43. The highest BCUT2D eigenvalue weighted by atomic mass is 32.2. The minimum Gasteiger partial charge on any atom is -0.374 e. The summed E-state index contributed by atoms with van der Waals surface area (Å²) >= 11 is 3.87. The summed E-state index contributed by atoms with van der Waals surface area (Å²) in [6.45, 7) is 1.83. The summed E-state index contributed by atoms with van der Waals surface area (Å²) in [6.07, 6.45) is 0. The molecule has 0 atom stereocenters. The summed E-state index contributed by atoms with van der Waals surface area (Å²) in [6, 6.07) is 0. The average Bonchev–Trinajstić information content (AvgIpc) is 2.85. The van der Waals surface area contributed by atoms with E-state index >= 15 is 0 Å². The Morgan fingerprint density at radius 3 is 2.76 bits per heavy atom. The number of thioether (sulfide) groups is 1. The summed E-state index contributed by atoms with van der Waals surface area (Å²) in [5.74, 6) is 0.0905. The highest BCUT2D eigenvalue weighted by Gasteiger charge is 2.09. The molecule has 0 unspecified atom stereocenters. The number of aryl methyl sites for hydroxylation is 1. The molecule has 2 heterocycles. The topological polar surface area (TPSA) is 107 Å². The number of aromatic nitrogens is 4. The lowest BCUT2D eigenvalue weighted by Gasteiger charge is -1.97. The number of hydrogen-bond donors (Lipinski definition) is 2. The molecule has 0 fully saturated rings. The number of nitrogens with two attached hydrogens (primary N) is 1. The molecule has 0 aromatic carbocycles. The van der Waals surface area contributed by atoms with E-state index in [0.29, 0.717) is 14.6 Å². The third-order valence-corrected chi connectivity index (χ3v) is 4.16. The molecular weight excluding hydrogens is 280 g/mol. The summed E-state index contributed by atoms with van der Waals surface area (Å²) in [5, 5.41) is 19.4. The average molecular weight is 288 g/mol. The Hall–Kier alpha value is -1.26. The second-order valence-electron chi connectivity index (χ2n) is 2.87. The third-order valence-electron chi connectivity index (χ3n) is 1.52. The van der Waals surface area contributed by atoms with E-state index in [1.807, 2.05) is 6.92 Å². The minimum absolute atomic E-state index is 0.153. The van der Waals surface area contributed by atoms with Crippen LogP contribution in [-0.4, -0.2) is 32.1 Å². The molecule has 17 heavy (non-hydrogen) atoms. The first-order chi connectivity index (χ1) is 8.13. The predicted molar refractivity (Wildman–Crippen MR) is 68.3 cm³/mol. The number of nitrogens with one attached hydrogen (secondary N) is 1. The van der Waals surface area contributed by atoms with E-state index in [1.165, 1.54) is 34.4 Å². The van der Waals surface area contributed by atoms with Crippen LogP contribution in [0.15, 0.2) is 4.34 Å². The van der Waals surface area contributed by atoms with Crippen LogP contribution in [0.25, 0.3) is 0 Å². The first-order valence-electron chi connectivity index (χ1n) is 4.45. The second kappa shape index (κ2) is 5.38. The Kier molecular flexibility index (Phi) is 3.86. The van der Waals surface area contributed by atoms with Crippen molar-refractivity contribution < 1.29 is 4.79 Å². The van der Waals surface area contributed by atoms with Crippen LogP contribution in [0.2, 0.25) is 0 Å². The lowest BCUT2D eigenvalue weighted by molar-refractivity contribution is -0.113. The van der Waals surface area contributed by atoms with Crippen LogP contribution >= 0.6 is 34.4 Å². The Labute approximate surface area is 109 Å². The monoisotopic (exact) mass is 288 g/mol. The normalized spacial score (nSPS) is 10.4. The molecule has 0 aliphatic rings. The van der Waals surface area contributed by atoms with E-state index in [2.05, 4.69) is 25.7 Å². The van der Waals surface area contributed by atoms with Crippen molar-refractivity contribution in [1.82, 2.24) is 20.4 Å². The van der Waals surface area contributed by atoms with Gasteiger partial charge in [0.1, 0.15) is 5.01 Å². The van der Waals surface area contributed by atoms with E-state index < -0.39 is 0 Å². The van der Waals surface area contributed by atoms with Crippen LogP contribution in [0.1, 0.15) is 5.01 Å². The van der Waals surface area contributed by atoms with Gasteiger partial charge in [0.2, 0.25) is 16.2 Å². The van der Waals surface area contributed by atoms with Crippen molar-refractivity contribution in [3.05, 3.63) is 5.01 Å². The molecule has 0 bridgehead atoms. The second-order valence-corrected chi connectivity index (χ2v) is 6.28. The number of carbonyl (C=O) groups is 1. The molecule has 2 aromatic rings. The molecule has 10 heteroatoms. The fraction of sp³-hybridized carbons (Fsp3) is 0.286. The summed E-state index contributed by atoms with van der Waals surface area (Å²) in [7, 11) is 0. The van der Waals surface area contributed by atoms with Crippen LogP contribution in [0.5, 0.6) is 0 Å². The number of rotatable bonds is 4. The maximum atomic E-state index is 11.5. The van der Waals surface area contributed by atoms with Crippen molar-refractivity contribution in [1.29, 1.82) is 0 Å². The van der Waals surface area contributed by atoms with Crippen molar-refractivity contribution in [3.8, 4) is 0 Å². The van der Waals surface area contributed by atoms with Gasteiger partial charge in [-0.1, -0.05) is 34.4 Å². The molecule has 0 saturated carbocycles. The van der Waals surface area contributed by atoms with Gasteiger partial charge >= 0.3 is 0 Å². The maximum Gasteiger partial charge on any atom is 0.236 e. The molecule has 0 radical (unpaired) electrons. The van der Waals surface area contributed by atoms with Crippen LogP contribution in [0, 0.1) is 6.92 Å². The number of hydrogen-bond acceptors (Lipinski definition) is 9. The Morgan fingerprint density at radius 2 is 2.18 bits per heavy atom. The van der Waals surface area contributed by atoms with Gasteiger partial charge in [-0.15, -0.1) is 20.4 Å². The van der Waals surface area contributed by atoms with Crippen molar-refractivity contribution in [3.63, 3.8) is 0 Å². The molecule has 2 aromatic heterocycles. The van der Waals surface area contributed by atoms with Gasteiger partial charge in [-0.3, -0.25) is 10.1 Å². The van der Waals surface area contributed by atoms with Gasteiger partial charge in [0.25, 0.3) is 0 Å². The zero-order valence-corrected chi connectivity index (χ0v) is 11.2. The molecule has 0 spiro atoms. The van der Waals surface area contributed by atoms with Gasteiger partial charge in [-0.05, 0) is 6.92 Å². The molecule has 90 valence electrons. The largest absolute Gasteiger partial charge is 0.374 e. The van der Waals surface area contributed by atoms with Crippen LogP contribution < -0.4 is 11.1 Å². The van der Waals surface area contributed by atoms with Crippen molar-refractivity contribution >= 4 is 50.6 Å². The van der Waals surface area contributed by atoms with Gasteiger partial charge in [0, 0.05) is 0 Å². The molecule has 0 saturated heterocycles. The Balaban J connectivity index is 1.82. The number of nitrogens with zero attached hydrogens (tertiary/aromatic N) is 4. The molecule has 3 N–H and O–H groups in total. The lowest BCUT2D eigenvalue weighted by atomic mass is 10.7. The number of nitrogen functional groups attached to an aromatic ring is 1. The van der Waals surface area contributed by atoms with E-state index in [1.54, 1.807) is 0 Å². The molecule has 2 rings (SSSR count). The quantitative estimate of drug-likeness (QED) is 0.808. The van der Waals surface area contributed by atoms with Crippen molar-refractivity contribution in [2.45, 2.75) is 11.3 Å². The Bertz CT molecular complexity index is 523. The van der Waals surface area contributed by atoms with Crippen LogP contribution in [0.4, 0.5) is 10.3 Å². The van der Waals surface area contributed by atoms with Gasteiger partial charge < -0.3 is 5.73 Å². The number of carbonyl (C=O) groups excluding carboxylic acids is 1. The van der Waals surface area contributed by atoms with E-state index in [0.717, 1.165) is 5.01 Å². The van der Waals surface area contributed by atoms with Crippen molar-refractivity contribution in [2.24, 2.45) is 0 Å². The first-order valence-corrected chi connectivity index (χ1v) is 7.07. The maximum absolute atomic E-state index is 11.5. The fourth-order valence-corrected chi connectivity index (χ4v) is 2.95. The van der Waals surface area contributed by atoms with Gasteiger partial charge in [0.05, 0.1) is 5.75 Å². The van der Waals surface area contributed by atoms with E-state index in [4.69, 9.17) is 5.73 Å². The van der Waals surface area contributed by atoms with Crippen LogP contribution in [-0.2, 0) is 4.79 Å². The molecular formula is C7H8N6OS3. The minimum atomic E-state index is -0.153. The zero-order valence-electron chi connectivity index (χ0n) is 8.71. The lowest BCUT2D eigenvalue weighted by Crippen LogP contribution is -2.13. The van der Waals surface area contributed by atoms with Crippen molar-refractivity contribution in [2.75, 3.05) is 16.8 Å². The standard InChI is InChI=1S/C7H8N6OS3/c1-3-10-12-6(16-3)9-4(14)2-15-7-13-11-5(8)17-7/h2H2,1H3,(H2,8,11)(H,9,12,14). The molecule has 0 aliphatic heterocycles. The van der Waals surface area contributed by atoms with E-state index in [-0.39, 0.29) is 11.7 Å². The highest BCUT2D eigenvalue weighted by Crippen LogP contribution is 2.23. The van der Waals surface area contributed by atoms with E-state index in [9.17, 15) is 4.79 Å². The predicted octanol–water partition coefficient (Wildman–Crippen LogP) is 1.01. The zero-order chi connectivity index (χ0) is 12.3. The third kappa shape index (κ3) is 3.61. The summed E-state index contributed by atoms with van der Waals surface area (Å²) < 4.78 is 0.672. The highest BCUT2D eigenvalue weighted by molar-refractivity contribution is 8.01. The van der Waals surface area contributed by atoms with Gasteiger partial charge in [0.15, 0.2) is 4.34 Å². The first kappa shape index (κ1) is 12.2.